The molecule has 0 saturated heterocycles. The molecule has 0 spiro atoms. The van der Waals surface area contributed by atoms with Crippen LogP contribution in [-0.2, 0) is 4.79 Å². The van der Waals surface area contributed by atoms with Crippen molar-refractivity contribution in [2.45, 2.75) is 26.2 Å². The summed E-state index contributed by atoms with van der Waals surface area (Å²) in [5, 5.41) is 12.7. The molecule has 1 atom stereocenters. The van der Waals surface area contributed by atoms with Crippen molar-refractivity contribution in [1.82, 2.24) is 5.32 Å². The molecule has 2 aromatic carbocycles. The Bertz CT molecular complexity index is 801. The summed E-state index contributed by atoms with van der Waals surface area (Å²) < 4.78 is 5.35. The van der Waals surface area contributed by atoms with Gasteiger partial charge in [-0.3, -0.25) is 10.2 Å². The minimum absolute atomic E-state index is 0.0270. The molecule has 2 rings (SSSR count). The Hall–Kier alpha value is -3.35. The molecular formula is C20H24N4O3. The fourth-order valence-electron chi connectivity index (χ4n) is 2.39. The van der Waals surface area contributed by atoms with E-state index in [9.17, 15) is 9.59 Å². The molecular weight excluding hydrogens is 344 g/mol. The van der Waals surface area contributed by atoms with E-state index in [0.717, 1.165) is 12.0 Å². The Kier molecular flexibility index (Phi) is 6.93. The first-order valence-corrected chi connectivity index (χ1v) is 8.71. The first kappa shape index (κ1) is 20.0. The molecule has 0 aromatic heterocycles. The van der Waals surface area contributed by atoms with Gasteiger partial charge >= 0.3 is 5.97 Å². The van der Waals surface area contributed by atoms with Crippen molar-refractivity contribution in [2.24, 2.45) is 5.73 Å². The molecule has 0 aliphatic rings. The molecule has 142 valence electrons. The first-order chi connectivity index (χ1) is 12.9. The average Bonchev–Trinajstić information content (AvgIpc) is 2.66. The summed E-state index contributed by atoms with van der Waals surface area (Å²) in [6.45, 7) is 4.49. The molecule has 0 saturated carbocycles. The van der Waals surface area contributed by atoms with Crippen LogP contribution in [0.1, 0.15) is 42.1 Å². The molecule has 0 aliphatic heterocycles. The van der Waals surface area contributed by atoms with Crippen molar-refractivity contribution in [3.05, 3.63) is 59.7 Å². The number of carbonyl (C=O) groups is 2. The van der Waals surface area contributed by atoms with E-state index in [4.69, 9.17) is 15.9 Å². The van der Waals surface area contributed by atoms with Crippen LogP contribution in [-0.4, -0.2) is 24.4 Å². The van der Waals surface area contributed by atoms with E-state index in [2.05, 4.69) is 10.6 Å². The summed E-state index contributed by atoms with van der Waals surface area (Å²) in [6, 6.07) is 13.3. The second-order valence-corrected chi connectivity index (χ2v) is 6.09. The highest BCUT2D eigenvalue weighted by Gasteiger charge is 2.15. The molecule has 0 fully saturated rings. The lowest BCUT2D eigenvalue weighted by Crippen LogP contribution is -2.28. The second-order valence-electron chi connectivity index (χ2n) is 6.09. The molecule has 0 aliphatic carbocycles. The monoisotopic (exact) mass is 368 g/mol. The van der Waals surface area contributed by atoms with Crippen molar-refractivity contribution in [3.8, 4) is 5.75 Å². The van der Waals surface area contributed by atoms with E-state index < -0.39 is 5.97 Å². The number of rotatable bonds is 7. The van der Waals surface area contributed by atoms with Gasteiger partial charge in [0, 0.05) is 12.2 Å². The van der Waals surface area contributed by atoms with Crippen LogP contribution in [0, 0.1) is 5.41 Å². The van der Waals surface area contributed by atoms with Gasteiger partial charge in [0.1, 0.15) is 5.75 Å². The summed E-state index contributed by atoms with van der Waals surface area (Å²) >= 11 is 0. The van der Waals surface area contributed by atoms with Crippen molar-refractivity contribution in [2.75, 3.05) is 11.9 Å². The predicted octanol–water partition coefficient (Wildman–Crippen LogP) is 2.84. The van der Waals surface area contributed by atoms with Gasteiger partial charge in [-0.05, 0) is 55.3 Å². The van der Waals surface area contributed by atoms with E-state index in [1.165, 1.54) is 0 Å². The van der Waals surface area contributed by atoms with E-state index in [0.29, 0.717) is 23.5 Å². The number of hydrogen-bond donors (Lipinski definition) is 4. The van der Waals surface area contributed by atoms with Crippen molar-refractivity contribution < 1.29 is 14.3 Å². The zero-order valence-electron chi connectivity index (χ0n) is 15.4. The summed E-state index contributed by atoms with van der Waals surface area (Å²) in [7, 11) is 0. The lowest BCUT2D eigenvalue weighted by Gasteiger charge is -2.13. The van der Waals surface area contributed by atoms with Crippen LogP contribution in [0.5, 0.6) is 5.75 Å². The minimum Gasteiger partial charge on any atom is -0.423 e. The fraction of sp³-hybridized carbons (Fsp3) is 0.250. The Morgan fingerprint density at radius 3 is 2.30 bits per heavy atom. The van der Waals surface area contributed by atoms with Gasteiger partial charge in [-0.2, -0.15) is 0 Å². The molecule has 5 N–H and O–H groups in total. The van der Waals surface area contributed by atoms with Gasteiger partial charge < -0.3 is 21.1 Å². The van der Waals surface area contributed by atoms with Gasteiger partial charge in [0.15, 0.2) is 5.96 Å². The quantitative estimate of drug-likeness (QED) is 0.259. The molecule has 27 heavy (non-hydrogen) atoms. The minimum atomic E-state index is -0.495. The zero-order valence-corrected chi connectivity index (χ0v) is 15.4. The number of ether oxygens (including phenoxy) is 1. The van der Waals surface area contributed by atoms with Gasteiger partial charge in [0.25, 0.3) is 0 Å². The van der Waals surface area contributed by atoms with Gasteiger partial charge in [0.05, 0.1) is 11.5 Å². The Labute approximate surface area is 158 Å². The lowest BCUT2D eigenvalue weighted by molar-refractivity contribution is -0.122. The van der Waals surface area contributed by atoms with E-state index in [-0.39, 0.29) is 17.8 Å². The van der Waals surface area contributed by atoms with Crippen molar-refractivity contribution in [3.63, 3.8) is 0 Å². The maximum atomic E-state index is 12.2. The van der Waals surface area contributed by atoms with Crippen LogP contribution >= 0.6 is 0 Å². The van der Waals surface area contributed by atoms with E-state index >= 15 is 0 Å². The van der Waals surface area contributed by atoms with Crippen molar-refractivity contribution in [1.29, 1.82) is 5.41 Å². The summed E-state index contributed by atoms with van der Waals surface area (Å²) in [4.78, 5) is 24.2. The third-order valence-electron chi connectivity index (χ3n) is 3.93. The fourth-order valence-corrected chi connectivity index (χ4v) is 2.39. The molecule has 0 heterocycles. The topological polar surface area (TPSA) is 117 Å². The number of nitrogens with two attached hydrogens (primary N) is 1. The second kappa shape index (κ2) is 9.38. The standard InChI is InChI=1S/C20H24N4O3/c1-3-12-23-18(25)13(2)14-6-10-17(11-7-14)27-19(26)15-4-8-16(9-5-15)24-20(21)22/h4-11,13H,3,12H2,1-2H3,(H,23,25)(H4,21,22,24). The number of benzene rings is 2. The van der Waals surface area contributed by atoms with E-state index in [1.54, 1.807) is 48.5 Å². The van der Waals surface area contributed by atoms with Crippen LogP contribution in [0.2, 0.25) is 0 Å². The number of esters is 1. The van der Waals surface area contributed by atoms with Crippen LogP contribution in [0.4, 0.5) is 5.69 Å². The highest BCUT2D eigenvalue weighted by atomic mass is 16.5. The highest BCUT2D eigenvalue weighted by Crippen LogP contribution is 2.20. The van der Waals surface area contributed by atoms with Crippen LogP contribution < -0.4 is 21.1 Å². The number of nitrogens with one attached hydrogen (secondary N) is 3. The van der Waals surface area contributed by atoms with Gasteiger partial charge in [0.2, 0.25) is 5.91 Å². The number of carbonyl (C=O) groups excluding carboxylic acids is 2. The Morgan fingerprint density at radius 2 is 1.74 bits per heavy atom. The number of hydrogen-bond acceptors (Lipinski definition) is 4. The van der Waals surface area contributed by atoms with Crippen LogP contribution in [0.3, 0.4) is 0 Å². The zero-order chi connectivity index (χ0) is 19.8. The van der Waals surface area contributed by atoms with Gasteiger partial charge in [-0.15, -0.1) is 0 Å². The average molecular weight is 368 g/mol. The molecule has 1 unspecified atom stereocenters. The molecule has 0 bridgehead atoms. The van der Waals surface area contributed by atoms with E-state index in [1.807, 2.05) is 13.8 Å². The molecule has 1 amide bonds. The van der Waals surface area contributed by atoms with Crippen LogP contribution in [0.15, 0.2) is 48.5 Å². The molecule has 7 heteroatoms. The van der Waals surface area contributed by atoms with Gasteiger partial charge in [-0.1, -0.05) is 19.1 Å². The summed E-state index contributed by atoms with van der Waals surface area (Å²) in [5.74, 6) is -0.576. The maximum absolute atomic E-state index is 12.2. The number of amides is 1. The number of guanidine groups is 1. The third-order valence-corrected chi connectivity index (χ3v) is 3.93. The summed E-state index contributed by atoms with van der Waals surface area (Å²) in [5.41, 5.74) is 7.09. The lowest BCUT2D eigenvalue weighted by atomic mass is 10.0. The SMILES string of the molecule is CCCNC(=O)C(C)c1ccc(OC(=O)c2ccc(NC(=N)N)cc2)cc1. The highest BCUT2D eigenvalue weighted by molar-refractivity contribution is 5.93. The maximum Gasteiger partial charge on any atom is 0.343 e. The van der Waals surface area contributed by atoms with Crippen molar-refractivity contribution >= 4 is 23.5 Å². The Morgan fingerprint density at radius 1 is 1.11 bits per heavy atom. The third kappa shape index (κ3) is 5.85. The molecule has 0 radical (unpaired) electrons. The smallest absolute Gasteiger partial charge is 0.343 e. The normalized spacial score (nSPS) is 11.3. The number of anilines is 1. The molecule has 2 aromatic rings. The molecule has 7 nitrogen and oxygen atoms in total. The predicted molar refractivity (Wildman–Crippen MR) is 105 cm³/mol. The summed E-state index contributed by atoms with van der Waals surface area (Å²) in [6.07, 6.45) is 0.888. The van der Waals surface area contributed by atoms with Crippen LogP contribution in [0.25, 0.3) is 0 Å². The Balaban J connectivity index is 1.98. The van der Waals surface area contributed by atoms with Gasteiger partial charge in [-0.25, -0.2) is 4.79 Å². The largest absolute Gasteiger partial charge is 0.423 e. The first-order valence-electron chi connectivity index (χ1n) is 8.71.